The maximum atomic E-state index is 13.0. The quantitative estimate of drug-likeness (QED) is 0.570. The van der Waals surface area contributed by atoms with E-state index in [-0.39, 0.29) is 28.3 Å². The van der Waals surface area contributed by atoms with Gasteiger partial charge in [-0.05, 0) is 40.9 Å². The Balaban J connectivity index is 1.74. The first-order valence-corrected chi connectivity index (χ1v) is 8.24. The van der Waals surface area contributed by atoms with Gasteiger partial charge in [0, 0.05) is 23.7 Å². The first-order chi connectivity index (χ1) is 11.9. The smallest absolute Gasteiger partial charge is 0.283 e. The highest BCUT2D eigenvalue weighted by molar-refractivity contribution is 9.10. The Morgan fingerprint density at radius 2 is 2.04 bits per heavy atom. The fourth-order valence-electron chi connectivity index (χ4n) is 2.48. The summed E-state index contributed by atoms with van der Waals surface area (Å²) in [4.78, 5) is 22.2. The number of nitro groups is 1. The van der Waals surface area contributed by atoms with E-state index in [9.17, 15) is 23.7 Å². The van der Waals surface area contributed by atoms with Crippen molar-refractivity contribution in [1.29, 1.82) is 0 Å². The molecule has 1 aliphatic carbocycles. The number of amides is 1. The molecule has 7 nitrogen and oxygen atoms in total. The molecule has 1 aromatic heterocycles. The molecule has 0 radical (unpaired) electrons. The number of hydrogen-bond acceptors (Lipinski definition) is 4. The molecule has 1 N–H and O–H groups in total. The summed E-state index contributed by atoms with van der Waals surface area (Å²) in [6, 6.07) is 5.35. The maximum absolute atomic E-state index is 13.0. The average Bonchev–Trinajstić information content (AvgIpc) is 3.32. The molecule has 132 valence electrons. The molecule has 0 saturated heterocycles. The molecule has 2 aromatic rings. The monoisotopic (exact) mass is 414 g/mol. The van der Waals surface area contributed by atoms with Gasteiger partial charge in [-0.1, -0.05) is 0 Å². The van der Waals surface area contributed by atoms with Crippen LogP contribution in [0.1, 0.15) is 36.6 Å². The van der Waals surface area contributed by atoms with E-state index in [1.807, 2.05) is 0 Å². The fraction of sp³-hybridized carbons (Fsp3) is 0.333. The van der Waals surface area contributed by atoms with Gasteiger partial charge in [0.05, 0.1) is 15.1 Å². The highest BCUT2D eigenvalue weighted by atomic mass is 79.9. The van der Waals surface area contributed by atoms with E-state index in [1.165, 1.54) is 28.9 Å². The summed E-state index contributed by atoms with van der Waals surface area (Å²) in [5, 5.41) is 17.0. The van der Waals surface area contributed by atoms with E-state index in [0.717, 1.165) is 12.8 Å². The molecule has 0 aliphatic heterocycles. The molecule has 0 bridgehead atoms. The zero-order valence-electron chi connectivity index (χ0n) is 12.8. The molecular formula is C15H13BrF2N4O3. The van der Waals surface area contributed by atoms with Crippen LogP contribution >= 0.6 is 15.9 Å². The van der Waals surface area contributed by atoms with Gasteiger partial charge < -0.3 is 5.32 Å². The Bertz CT molecular complexity index is 819. The zero-order chi connectivity index (χ0) is 18.1. The van der Waals surface area contributed by atoms with Crippen molar-refractivity contribution in [3.63, 3.8) is 0 Å². The van der Waals surface area contributed by atoms with Gasteiger partial charge in [-0.2, -0.15) is 5.10 Å². The number of rotatable bonds is 6. The molecule has 1 aliphatic rings. The van der Waals surface area contributed by atoms with Crippen LogP contribution in [0, 0.1) is 10.1 Å². The molecule has 1 heterocycles. The lowest BCUT2D eigenvalue weighted by Gasteiger charge is -2.08. The number of carbonyl (C=O) groups is 1. The Morgan fingerprint density at radius 1 is 1.40 bits per heavy atom. The van der Waals surface area contributed by atoms with Crippen molar-refractivity contribution in [2.45, 2.75) is 31.7 Å². The van der Waals surface area contributed by atoms with Gasteiger partial charge in [0.25, 0.3) is 12.1 Å². The molecular weight excluding hydrogens is 402 g/mol. The van der Waals surface area contributed by atoms with Gasteiger partial charge in [-0.15, -0.1) is 0 Å². The lowest BCUT2D eigenvalue weighted by atomic mass is 10.2. The second-order valence-corrected chi connectivity index (χ2v) is 6.46. The fourth-order valence-corrected chi connectivity index (χ4v) is 3.26. The topological polar surface area (TPSA) is 90.1 Å². The van der Waals surface area contributed by atoms with Crippen LogP contribution in [0.25, 0.3) is 0 Å². The minimum atomic E-state index is -2.73. The Morgan fingerprint density at radius 3 is 2.56 bits per heavy atom. The molecule has 1 saturated carbocycles. The lowest BCUT2D eigenvalue weighted by Crippen LogP contribution is -2.21. The number of hydrogen-bond donors (Lipinski definition) is 1. The number of halogens is 3. The maximum Gasteiger partial charge on any atom is 0.283 e. The predicted octanol–water partition coefficient (Wildman–Crippen LogP) is 4.01. The minimum Gasteiger partial charge on any atom is -0.324 e. The van der Waals surface area contributed by atoms with Crippen LogP contribution in [0.15, 0.2) is 28.7 Å². The van der Waals surface area contributed by atoms with E-state index in [1.54, 1.807) is 0 Å². The largest absolute Gasteiger partial charge is 0.324 e. The molecule has 1 fully saturated rings. The normalized spacial score (nSPS) is 13.9. The number of aromatic nitrogens is 2. The zero-order valence-corrected chi connectivity index (χ0v) is 14.4. The summed E-state index contributed by atoms with van der Waals surface area (Å²) >= 11 is 3.16. The number of nitrogens with zero attached hydrogens (tertiary/aromatic N) is 3. The van der Waals surface area contributed by atoms with Crippen molar-refractivity contribution in [3.8, 4) is 0 Å². The van der Waals surface area contributed by atoms with Crippen LogP contribution < -0.4 is 5.32 Å². The van der Waals surface area contributed by atoms with Crippen molar-refractivity contribution in [2.24, 2.45) is 0 Å². The van der Waals surface area contributed by atoms with E-state index in [4.69, 9.17) is 0 Å². The summed E-state index contributed by atoms with van der Waals surface area (Å²) in [5.41, 5.74) is 0.523. The molecule has 0 unspecified atom stereocenters. The molecule has 1 aromatic carbocycles. The van der Waals surface area contributed by atoms with Gasteiger partial charge in [-0.3, -0.25) is 19.6 Å². The Labute approximate surface area is 149 Å². The van der Waals surface area contributed by atoms with Gasteiger partial charge in [-0.25, -0.2) is 8.78 Å². The highest BCUT2D eigenvalue weighted by Crippen LogP contribution is 2.45. The minimum absolute atomic E-state index is 0.0911. The van der Waals surface area contributed by atoms with Gasteiger partial charge >= 0.3 is 0 Å². The van der Waals surface area contributed by atoms with Gasteiger partial charge in [0.2, 0.25) is 5.91 Å². The first-order valence-electron chi connectivity index (χ1n) is 7.45. The average molecular weight is 415 g/mol. The van der Waals surface area contributed by atoms with Crippen LogP contribution in [0.5, 0.6) is 0 Å². The van der Waals surface area contributed by atoms with Crippen molar-refractivity contribution < 1.29 is 18.5 Å². The van der Waals surface area contributed by atoms with E-state index < -0.39 is 17.3 Å². The SMILES string of the molecule is O=C(Cn1nc(C(F)F)c(Br)c1C1CC1)Nc1ccc([N+](=O)[O-])cc1. The Kier molecular flexibility index (Phi) is 4.80. The van der Waals surface area contributed by atoms with E-state index in [2.05, 4.69) is 26.3 Å². The number of anilines is 1. The highest BCUT2D eigenvalue weighted by Gasteiger charge is 2.34. The van der Waals surface area contributed by atoms with Crippen molar-refractivity contribution in [3.05, 3.63) is 50.2 Å². The Hall–Kier alpha value is -2.36. The van der Waals surface area contributed by atoms with Crippen LogP contribution in [0.2, 0.25) is 0 Å². The molecule has 1 amide bonds. The third-order valence-electron chi connectivity index (χ3n) is 3.78. The van der Waals surface area contributed by atoms with Crippen LogP contribution in [-0.2, 0) is 11.3 Å². The van der Waals surface area contributed by atoms with Crippen molar-refractivity contribution >= 4 is 33.2 Å². The summed E-state index contributed by atoms with van der Waals surface area (Å²) in [7, 11) is 0. The molecule has 25 heavy (non-hydrogen) atoms. The van der Waals surface area contributed by atoms with Crippen LogP contribution in [0.3, 0.4) is 0 Å². The summed E-state index contributed by atoms with van der Waals surface area (Å²) < 4.78 is 27.6. The van der Waals surface area contributed by atoms with Crippen molar-refractivity contribution in [2.75, 3.05) is 5.32 Å². The summed E-state index contributed by atoms with van der Waals surface area (Å²) in [6.45, 7) is -0.214. The number of nitrogens with one attached hydrogen (secondary N) is 1. The number of nitro benzene ring substituents is 1. The summed E-state index contributed by atoms with van der Waals surface area (Å²) in [6.07, 6.45) is -0.987. The van der Waals surface area contributed by atoms with Crippen LogP contribution in [-0.4, -0.2) is 20.6 Å². The third-order valence-corrected chi connectivity index (χ3v) is 4.59. The number of carbonyl (C=O) groups excluding carboxylic acids is 1. The molecule has 0 spiro atoms. The molecule has 10 heteroatoms. The van der Waals surface area contributed by atoms with Gasteiger partial charge in [0.15, 0.2) is 0 Å². The van der Waals surface area contributed by atoms with Crippen molar-refractivity contribution in [1.82, 2.24) is 9.78 Å². The third kappa shape index (κ3) is 3.84. The summed E-state index contributed by atoms with van der Waals surface area (Å²) in [5.74, 6) is -0.326. The second-order valence-electron chi connectivity index (χ2n) is 5.67. The molecule has 0 atom stereocenters. The van der Waals surface area contributed by atoms with Crippen LogP contribution in [0.4, 0.5) is 20.2 Å². The predicted molar refractivity (Wildman–Crippen MR) is 88.6 cm³/mol. The van der Waals surface area contributed by atoms with E-state index >= 15 is 0 Å². The first kappa shape index (κ1) is 17.5. The standard InChI is InChI=1S/C15H13BrF2N4O3/c16-12-13(15(17)18)20-21(14(12)8-1-2-8)7-11(23)19-9-3-5-10(6-4-9)22(24)25/h3-6,8,15H,1-2,7H2,(H,19,23). The number of non-ortho nitro benzene ring substituents is 1. The number of alkyl halides is 2. The second kappa shape index (κ2) is 6.87. The lowest BCUT2D eigenvalue weighted by molar-refractivity contribution is -0.384. The number of benzene rings is 1. The van der Waals surface area contributed by atoms with Gasteiger partial charge in [0.1, 0.15) is 12.2 Å². The molecule has 3 rings (SSSR count). The van der Waals surface area contributed by atoms with E-state index in [0.29, 0.717) is 11.4 Å².